The highest BCUT2D eigenvalue weighted by Crippen LogP contribution is 2.31. The lowest BCUT2D eigenvalue weighted by Gasteiger charge is -2.10. The third-order valence-electron chi connectivity index (χ3n) is 3.55. The number of thioether (sulfide) groups is 1. The van der Waals surface area contributed by atoms with Gasteiger partial charge < -0.3 is 5.11 Å². The normalized spacial score (nSPS) is 13.0. The van der Waals surface area contributed by atoms with E-state index in [9.17, 15) is 9.50 Å². The van der Waals surface area contributed by atoms with Crippen molar-refractivity contribution in [3.05, 3.63) is 59.9 Å². The number of aliphatic hydroxyl groups excluding tert-OH is 1. The van der Waals surface area contributed by atoms with Gasteiger partial charge in [0.15, 0.2) is 5.16 Å². The molecule has 0 fully saturated rings. The third kappa shape index (κ3) is 2.60. The smallest absolute Gasteiger partial charge is 0.217 e. The molecular formula is C16H12FN3OS2. The van der Waals surface area contributed by atoms with Crippen molar-refractivity contribution in [3.8, 4) is 0 Å². The molecule has 116 valence electrons. The molecule has 23 heavy (non-hydrogen) atoms. The lowest BCUT2D eigenvalue weighted by molar-refractivity contribution is 0.199. The van der Waals surface area contributed by atoms with E-state index in [1.807, 2.05) is 28.7 Å². The maximum atomic E-state index is 13.7. The molecular weight excluding hydrogens is 333 g/mol. The Balaban J connectivity index is 1.62. The minimum Gasteiger partial charge on any atom is -0.387 e. The van der Waals surface area contributed by atoms with Gasteiger partial charge in [-0.05, 0) is 18.2 Å². The Morgan fingerprint density at radius 2 is 1.91 bits per heavy atom. The summed E-state index contributed by atoms with van der Waals surface area (Å²) in [5.74, 6) is -0.0840. The Kier molecular flexibility index (Phi) is 3.76. The van der Waals surface area contributed by atoms with Crippen LogP contribution in [0.25, 0.3) is 15.2 Å². The van der Waals surface area contributed by atoms with Crippen molar-refractivity contribution in [3.63, 3.8) is 0 Å². The molecule has 0 radical (unpaired) electrons. The first-order valence-corrected chi connectivity index (χ1v) is 8.82. The zero-order valence-electron chi connectivity index (χ0n) is 11.9. The van der Waals surface area contributed by atoms with Crippen molar-refractivity contribution in [1.82, 2.24) is 14.6 Å². The first-order chi connectivity index (χ1) is 11.2. The van der Waals surface area contributed by atoms with Crippen LogP contribution in [-0.2, 0) is 0 Å². The highest BCUT2D eigenvalue weighted by atomic mass is 32.2. The summed E-state index contributed by atoms with van der Waals surface area (Å²) in [6, 6.07) is 14.3. The van der Waals surface area contributed by atoms with E-state index in [1.165, 1.54) is 17.8 Å². The van der Waals surface area contributed by atoms with Crippen molar-refractivity contribution in [1.29, 1.82) is 0 Å². The molecule has 0 bridgehead atoms. The molecule has 0 saturated heterocycles. The summed E-state index contributed by atoms with van der Waals surface area (Å²) in [6.45, 7) is 0. The third-order valence-corrected chi connectivity index (χ3v) is 5.56. The quantitative estimate of drug-likeness (QED) is 0.570. The predicted molar refractivity (Wildman–Crippen MR) is 90.5 cm³/mol. The summed E-state index contributed by atoms with van der Waals surface area (Å²) < 4.78 is 16.8. The van der Waals surface area contributed by atoms with Crippen molar-refractivity contribution >= 4 is 38.3 Å². The number of hydrogen-bond acceptors (Lipinski definition) is 5. The summed E-state index contributed by atoms with van der Waals surface area (Å²) in [5, 5.41) is 19.3. The molecule has 0 aliphatic heterocycles. The van der Waals surface area contributed by atoms with Gasteiger partial charge in [0, 0.05) is 11.3 Å². The van der Waals surface area contributed by atoms with Crippen LogP contribution < -0.4 is 0 Å². The summed E-state index contributed by atoms with van der Waals surface area (Å²) in [7, 11) is 0. The number of thiazole rings is 1. The lowest BCUT2D eigenvalue weighted by Crippen LogP contribution is -2.03. The van der Waals surface area contributed by atoms with Gasteiger partial charge in [-0.1, -0.05) is 53.4 Å². The van der Waals surface area contributed by atoms with E-state index < -0.39 is 11.9 Å². The molecule has 4 rings (SSSR count). The second-order valence-corrected chi connectivity index (χ2v) is 7.01. The zero-order valence-corrected chi connectivity index (χ0v) is 13.5. The van der Waals surface area contributed by atoms with Crippen LogP contribution in [0.4, 0.5) is 4.39 Å². The average molecular weight is 345 g/mol. The minimum atomic E-state index is -0.890. The van der Waals surface area contributed by atoms with Gasteiger partial charge in [-0.3, -0.25) is 4.40 Å². The maximum absolute atomic E-state index is 13.7. The van der Waals surface area contributed by atoms with E-state index in [0.29, 0.717) is 16.5 Å². The molecule has 1 unspecified atom stereocenters. The Morgan fingerprint density at radius 3 is 2.78 bits per heavy atom. The number of fused-ring (bicyclic) bond motifs is 3. The van der Waals surface area contributed by atoms with Crippen molar-refractivity contribution in [2.45, 2.75) is 11.3 Å². The van der Waals surface area contributed by atoms with Crippen LogP contribution in [0.2, 0.25) is 0 Å². The Hall–Kier alpha value is -1.96. The number of nitrogens with zero attached hydrogens (tertiary/aromatic N) is 3. The van der Waals surface area contributed by atoms with Gasteiger partial charge in [0.1, 0.15) is 5.82 Å². The van der Waals surface area contributed by atoms with E-state index >= 15 is 0 Å². The standard InChI is InChI=1S/C16H12FN3OS2/c17-11-6-2-1-5-10(11)13(21)9-22-15-18-19-16-20(15)12-7-3-4-8-14(12)23-16/h1-8,13,21H,9H2. The van der Waals surface area contributed by atoms with Gasteiger partial charge in [0.2, 0.25) is 4.96 Å². The van der Waals surface area contributed by atoms with Crippen LogP contribution in [0.5, 0.6) is 0 Å². The number of aromatic nitrogens is 3. The molecule has 1 atom stereocenters. The summed E-state index contributed by atoms with van der Waals surface area (Å²) >= 11 is 2.94. The largest absolute Gasteiger partial charge is 0.387 e. The molecule has 0 amide bonds. The van der Waals surface area contributed by atoms with Gasteiger partial charge in [-0.25, -0.2) is 4.39 Å². The molecule has 0 aliphatic rings. The number of benzene rings is 2. The molecule has 7 heteroatoms. The van der Waals surface area contributed by atoms with E-state index in [2.05, 4.69) is 10.2 Å². The Bertz CT molecular complexity index is 982. The molecule has 2 aromatic carbocycles. The number of halogens is 1. The Labute approximate surface area is 139 Å². The number of hydrogen-bond donors (Lipinski definition) is 1. The van der Waals surface area contributed by atoms with Crippen LogP contribution in [0.15, 0.2) is 53.7 Å². The predicted octanol–water partition coefficient (Wildman–Crippen LogP) is 3.91. The maximum Gasteiger partial charge on any atom is 0.217 e. The van der Waals surface area contributed by atoms with E-state index in [0.717, 1.165) is 15.2 Å². The summed E-state index contributed by atoms with van der Waals surface area (Å²) in [6.07, 6.45) is -0.890. The molecule has 2 heterocycles. The SMILES string of the molecule is OC(CSc1nnc2sc3ccccc3n12)c1ccccc1F. The minimum absolute atomic E-state index is 0.302. The van der Waals surface area contributed by atoms with Gasteiger partial charge in [0.05, 0.1) is 16.3 Å². The highest BCUT2D eigenvalue weighted by molar-refractivity contribution is 7.99. The van der Waals surface area contributed by atoms with Gasteiger partial charge >= 0.3 is 0 Å². The van der Waals surface area contributed by atoms with E-state index in [1.54, 1.807) is 29.5 Å². The second kappa shape index (κ2) is 5.92. The van der Waals surface area contributed by atoms with Crippen molar-refractivity contribution in [2.24, 2.45) is 0 Å². The molecule has 0 spiro atoms. The molecule has 2 aromatic heterocycles. The highest BCUT2D eigenvalue weighted by Gasteiger charge is 2.16. The monoisotopic (exact) mass is 345 g/mol. The molecule has 4 nitrogen and oxygen atoms in total. The van der Waals surface area contributed by atoms with E-state index in [4.69, 9.17) is 0 Å². The van der Waals surface area contributed by atoms with Crippen LogP contribution in [-0.4, -0.2) is 25.5 Å². The van der Waals surface area contributed by atoms with Crippen molar-refractivity contribution in [2.75, 3.05) is 5.75 Å². The molecule has 0 aliphatic carbocycles. The van der Waals surface area contributed by atoms with Gasteiger partial charge in [-0.15, -0.1) is 10.2 Å². The van der Waals surface area contributed by atoms with Gasteiger partial charge in [-0.2, -0.15) is 0 Å². The fourth-order valence-corrected chi connectivity index (χ4v) is 4.36. The second-order valence-electron chi connectivity index (χ2n) is 5.02. The fraction of sp³-hybridized carbons (Fsp3) is 0.125. The number of para-hydroxylation sites is 1. The summed E-state index contributed by atoms with van der Waals surface area (Å²) in [5.41, 5.74) is 1.34. The average Bonchev–Trinajstić information content (AvgIpc) is 3.12. The fourth-order valence-electron chi connectivity index (χ4n) is 2.44. The zero-order chi connectivity index (χ0) is 15.8. The van der Waals surface area contributed by atoms with Crippen LogP contribution >= 0.6 is 23.1 Å². The topological polar surface area (TPSA) is 50.4 Å². The van der Waals surface area contributed by atoms with Gasteiger partial charge in [0.25, 0.3) is 0 Å². The van der Waals surface area contributed by atoms with Crippen LogP contribution in [0.1, 0.15) is 11.7 Å². The van der Waals surface area contributed by atoms with Crippen molar-refractivity contribution < 1.29 is 9.50 Å². The first-order valence-electron chi connectivity index (χ1n) is 7.02. The number of rotatable bonds is 4. The summed E-state index contributed by atoms with van der Waals surface area (Å²) in [4.78, 5) is 0.814. The molecule has 0 saturated carbocycles. The molecule has 4 aromatic rings. The first kappa shape index (κ1) is 14.6. The lowest BCUT2D eigenvalue weighted by atomic mass is 10.1. The van der Waals surface area contributed by atoms with Crippen LogP contribution in [0.3, 0.4) is 0 Å². The number of aliphatic hydroxyl groups is 1. The Morgan fingerprint density at radius 1 is 1.13 bits per heavy atom. The van der Waals surface area contributed by atoms with E-state index in [-0.39, 0.29) is 0 Å². The van der Waals surface area contributed by atoms with Crippen LogP contribution in [0, 0.1) is 5.82 Å². The molecule has 1 N–H and O–H groups in total.